The summed E-state index contributed by atoms with van der Waals surface area (Å²) >= 11 is 12.7. The zero-order valence-corrected chi connectivity index (χ0v) is 30.8. The number of aliphatic hydroxyl groups excluding tert-OH is 1. The number of hydrogen-bond donors (Lipinski definition) is 3. The van der Waals surface area contributed by atoms with E-state index in [-0.39, 0.29) is 47.7 Å². The van der Waals surface area contributed by atoms with Gasteiger partial charge in [0.05, 0.1) is 27.4 Å². The molecular weight excluding hydrogens is 766 g/mol. The number of aromatic carboxylic acids is 1. The second-order valence-electron chi connectivity index (χ2n) is 7.61. The number of rotatable bonds is 5. The molecule has 3 heterocycles. The van der Waals surface area contributed by atoms with Crippen LogP contribution in [0.25, 0.3) is 22.8 Å². The average molecular weight is 796 g/mol. The molecule has 11 nitrogen and oxygen atoms in total. The van der Waals surface area contributed by atoms with Crippen molar-refractivity contribution < 1.29 is 44.4 Å². The molecule has 0 saturated heterocycles. The van der Waals surface area contributed by atoms with Crippen LogP contribution in [-0.2, 0) is 62.2 Å². The van der Waals surface area contributed by atoms with Crippen LogP contribution in [0.4, 0.5) is 0 Å². The molecule has 0 aliphatic carbocycles. The Balaban J connectivity index is -0.000000531. The second kappa shape index (κ2) is 31.5. The van der Waals surface area contributed by atoms with Gasteiger partial charge in [0.15, 0.2) is 0 Å². The number of pyridine rings is 2. The fraction of sp³-hybridized carbons (Fsp3) is 0.194. The molecule has 0 aliphatic rings. The van der Waals surface area contributed by atoms with Crippen LogP contribution in [0.5, 0.6) is 0 Å². The van der Waals surface area contributed by atoms with Gasteiger partial charge in [-0.05, 0) is 50.2 Å². The van der Waals surface area contributed by atoms with Gasteiger partial charge in [0.1, 0.15) is 0 Å². The largest absolute Gasteiger partial charge is 4.00 e. The Labute approximate surface area is 308 Å². The third-order valence-corrected chi connectivity index (χ3v) is 5.21. The summed E-state index contributed by atoms with van der Waals surface area (Å²) < 4.78 is 0. The number of nitrogens with zero attached hydrogens (tertiary/aromatic N) is 5. The van der Waals surface area contributed by atoms with Crippen molar-refractivity contribution in [3.05, 3.63) is 92.6 Å². The molecule has 0 spiro atoms. The Hall–Kier alpha value is -4.51. The quantitative estimate of drug-likeness (QED) is 0.0665. The summed E-state index contributed by atoms with van der Waals surface area (Å²) in [5, 5.41) is 51.1. The number of aryl methyl sites for hydroxylation is 1. The summed E-state index contributed by atoms with van der Waals surface area (Å²) in [7, 11) is 1.00. The van der Waals surface area contributed by atoms with E-state index in [0.717, 1.165) is 22.9 Å². The number of hydrogen-bond acceptors (Lipinski definition) is 12. The molecule has 0 radical (unpaired) electrons. The molecule has 3 aromatic heterocycles. The number of aliphatic carboxylic acids is 1. The van der Waals surface area contributed by atoms with Crippen LogP contribution in [0, 0.1) is 50.8 Å². The standard InChI is InChI=1S/C24H18N3O4S.C3H8.3CHNS.CH4O.Ru/c1-3-16(23(28)29)11-19(25)20-12-17(24(30)31)13-22(27-20)21-10-15(8-9-26-21)5-7-18-6-4-14(2)32-18;1-3-2;3*2-1-3;1-2;/h3-4,6,8-13,25H,1-2H3,(H,28,29)(H,30,31);3H2,1-2H3;3*3H;2H,1H3;/q-1;;;;;;+4/p-3/b16-3+,19-11-;;;;;;. The van der Waals surface area contributed by atoms with E-state index in [1.54, 1.807) is 29.7 Å². The SMILES string of the molecule is C/C=C(\C=C(/[NH-])c1cc(C(=O)O)cc(-c2cc(C#Cc3ccc(C)s3)ccn2)n1)C(=O)O.CCC.CO.N#C[S-].N#C[S-].N#C[S-].[Ru+4]. The van der Waals surface area contributed by atoms with Crippen molar-refractivity contribution in [3.63, 3.8) is 0 Å². The Morgan fingerprint density at radius 1 is 0.957 bits per heavy atom. The smallest absolute Gasteiger partial charge is 0.697 e. The van der Waals surface area contributed by atoms with Gasteiger partial charge in [-0.2, -0.15) is 0 Å². The van der Waals surface area contributed by atoms with Crippen LogP contribution in [0.1, 0.15) is 58.6 Å². The van der Waals surface area contributed by atoms with Gasteiger partial charge in [-0.15, -0.1) is 17.0 Å². The van der Waals surface area contributed by atoms with Crippen LogP contribution in [0.2, 0.25) is 0 Å². The minimum absolute atomic E-state index is 0. The summed E-state index contributed by atoms with van der Waals surface area (Å²) in [5.41, 5.74) is 9.11. The fourth-order valence-corrected chi connectivity index (χ4v) is 3.43. The Bertz CT molecular complexity index is 1620. The van der Waals surface area contributed by atoms with E-state index in [0.29, 0.717) is 11.3 Å². The third-order valence-electron chi connectivity index (χ3n) is 4.30. The molecule has 0 amide bonds. The molecule has 0 aliphatic heterocycles. The van der Waals surface area contributed by atoms with E-state index < -0.39 is 11.9 Å². The third kappa shape index (κ3) is 22.6. The van der Waals surface area contributed by atoms with Gasteiger partial charge in [-0.1, -0.05) is 60.5 Å². The molecule has 246 valence electrons. The van der Waals surface area contributed by atoms with E-state index >= 15 is 0 Å². The van der Waals surface area contributed by atoms with E-state index in [1.165, 1.54) is 47.8 Å². The van der Waals surface area contributed by atoms with Gasteiger partial charge >= 0.3 is 31.4 Å². The van der Waals surface area contributed by atoms with Crippen molar-refractivity contribution in [2.75, 3.05) is 7.11 Å². The number of carbonyl (C=O) groups is 2. The summed E-state index contributed by atoms with van der Waals surface area (Å²) in [6.45, 7) is 7.79. The summed E-state index contributed by atoms with van der Waals surface area (Å²) in [5.74, 6) is 3.75. The van der Waals surface area contributed by atoms with Crippen molar-refractivity contribution >= 4 is 66.9 Å². The molecule has 3 aromatic rings. The molecular formula is C31H30N6O5RuS4. The van der Waals surface area contributed by atoms with Crippen molar-refractivity contribution in [3.8, 4) is 39.4 Å². The first-order valence-electron chi connectivity index (χ1n) is 12.5. The van der Waals surface area contributed by atoms with Gasteiger partial charge in [-0.3, -0.25) is 4.98 Å². The molecule has 47 heavy (non-hydrogen) atoms. The second-order valence-corrected chi connectivity index (χ2v) is 9.45. The number of nitriles is 3. The number of nitrogens with one attached hydrogen (secondary N) is 1. The van der Waals surface area contributed by atoms with Crippen molar-refractivity contribution in [2.45, 2.75) is 34.1 Å². The van der Waals surface area contributed by atoms with Gasteiger partial charge in [-0.25, -0.2) is 30.4 Å². The van der Waals surface area contributed by atoms with Crippen LogP contribution < -0.4 is 0 Å². The number of thiocyanates is 3. The summed E-state index contributed by atoms with van der Waals surface area (Å²) in [4.78, 5) is 33.6. The Morgan fingerprint density at radius 3 is 1.91 bits per heavy atom. The Kier molecular flexibility index (Phi) is 33.1. The number of aliphatic hydroxyl groups is 1. The topological polar surface area (TPSA) is 216 Å². The zero-order chi connectivity index (χ0) is 36.1. The van der Waals surface area contributed by atoms with Gasteiger partial charge in [0.25, 0.3) is 0 Å². The van der Waals surface area contributed by atoms with Crippen molar-refractivity contribution in [1.82, 2.24) is 9.97 Å². The normalized spacial score (nSPS) is 8.83. The van der Waals surface area contributed by atoms with Crippen molar-refractivity contribution in [2.24, 2.45) is 0 Å². The molecule has 0 atom stereocenters. The number of carboxylic acids is 2. The predicted molar refractivity (Wildman–Crippen MR) is 186 cm³/mol. The molecule has 4 N–H and O–H groups in total. The first-order chi connectivity index (χ1) is 21.9. The maximum absolute atomic E-state index is 11.6. The molecule has 0 fully saturated rings. The molecule has 0 bridgehead atoms. The molecule has 0 unspecified atom stereocenters. The fourth-order valence-electron chi connectivity index (χ4n) is 2.71. The number of aromatic nitrogens is 2. The predicted octanol–water partition coefficient (Wildman–Crippen LogP) is 6.10. The zero-order valence-electron chi connectivity index (χ0n) is 25.8. The molecule has 3 rings (SSSR count). The maximum Gasteiger partial charge on any atom is 4.00 e. The van der Waals surface area contributed by atoms with E-state index in [4.69, 9.17) is 26.6 Å². The van der Waals surface area contributed by atoms with E-state index in [2.05, 4.69) is 73.5 Å². The van der Waals surface area contributed by atoms with Gasteiger partial charge in [0.2, 0.25) is 0 Å². The van der Waals surface area contributed by atoms with Crippen LogP contribution in [0.3, 0.4) is 0 Å². The van der Waals surface area contributed by atoms with E-state index in [1.807, 2.05) is 19.1 Å². The minimum Gasteiger partial charge on any atom is -0.697 e. The van der Waals surface area contributed by atoms with E-state index in [9.17, 15) is 19.8 Å². The van der Waals surface area contributed by atoms with Crippen molar-refractivity contribution in [1.29, 1.82) is 15.8 Å². The first-order valence-corrected chi connectivity index (χ1v) is 14.6. The molecule has 0 aromatic carbocycles. The van der Waals surface area contributed by atoms with Crippen LogP contribution >= 0.6 is 11.3 Å². The van der Waals surface area contributed by atoms with Crippen LogP contribution in [-0.4, -0.2) is 44.3 Å². The van der Waals surface area contributed by atoms with Gasteiger partial charge in [0, 0.05) is 29.4 Å². The first kappa shape index (κ1) is 49.4. The average Bonchev–Trinajstić information content (AvgIpc) is 3.46. The number of carboxylic acid groups (broad SMARTS) is 2. The number of thiophene rings is 1. The molecule has 16 heteroatoms. The monoisotopic (exact) mass is 796 g/mol. The Morgan fingerprint density at radius 2 is 1.49 bits per heavy atom. The van der Waals surface area contributed by atoms with Crippen LogP contribution in [0.15, 0.2) is 60.3 Å². The van der Waals surface area contributed by atoms with Gasteiger partial charge < -0.3 is 58.9 Å². The summed E-state index contributed by atoms with van der Waals surface area (Å²) in [6, 6.07) is 9.94. The maximum atomic E-state index is 11.6. The number of allylic oxidation sites excluding steroid dienone is 1. The summed E-state index contributed by atoms with van der Waals surface area (Å²) in [6.07, 6.45) is 5.27. The molecule has 0 saturated carbocycles. The minimum atomic E-state index is -1.20.